The Morgan fingerprint density at radius 1 is 0.895 bits per heavy atom. The molecule has 1 aromatic carbocycles. The van der Waals surface area contributed by atoms with Gasteiger partial charge in [-0.2, -0.15) is 0 Å². The SMILES string of the molecule is c1cc(CCc2ccncc2)cc(N2CCCC2)c1. The summed E-state index contributed by atoms with van der Waals surface area (Å²) in [7, 11) is 0. The minimum absolute atomic E-state index is 1.09. The molecule has 2 nitrogen and oxygen atoms in total. The van der Waals surface area contributed by atoms with Gasteiger partial charge in [-0.1, -0.05) is 12.1 Å². The molecule has 0 atom stereocenters. The van der Waals surface area contributed by atoms with Crippen molar-refractivity contribution < 1.29 is 0 Å². The number of hydrogen-bond donors (Lipinski definition) is 0. The van der Waals surface area contributed by atoms with Crippen LogP contribution in [0, 0.1) is 0 Å². The molecule has 2 heteroatoms. The van der Waals surface area contributed by atoms with Crippen LogP contribution in [-0.2, 0) is 12.8 Å². The molecule has 0 radical (unpaired) electrons. The van der Waals surface area contributed by atoms with E-state index in [4.69, 9.17) is 0 Å². The maximum Gasteiger partial charge on any atom is 0.0368 e. The summed E-state index contributed by atoms with van der Waals surface area (Å²) in [6.45, 7) is 2.43. The molecule has 0 unspecified atom stereocenters. The van der Waals surface area contributed by atoms with Gasteiger partial charge in [0.05, 0.1) is 0 Å². The van der Waals surface area contributed by atoms with Gasteiger partial charge in [0.15, 0.2) is 0 Å². The van der Waals surface area contributed by atoms with Crippen molar-refractivity contribution in [3.8, 4) is 0 Å². The van der Waals surface area contributed by atoms with Crippen molar-refractivity contribution in [3.63, 3.8) is 0 Å². The van der Waals surface area contributed by atoms with Crippen LogP contribution >= 0.6 is 0 Å². The summed E-state index contributed by atoms with van der Waals surface area (Å²) < 4.78 is 0. The Morgan fingerprint density at radius 2 is 1.63 bits per heavy atom. The van der Waals surface area contributed by atoms with E-state index >= 15 is 0 Å². The van der Waals surface area contributed by atoms with Gasteiger partial charge in [0.25, 0.3) is 0 Å². The highest BCUT2D eigenvalue weighted by Gasteiger charge is 2.12. The van der Waals surface area contributed by atoms with E-state index in [9.17, 15) is 0 Å². The molecule has 0 bridgehead atoms. The molecule has 2 aromatic rings. The fraction of sp³-hybridized carbons (Fsp3) is 0.353. The van der Waals surface area contributed by atoms with Crippen molar-refractivity contribution in [3.05, 3.63) is 59.9 Å². The van der Waals surface area contributed by atoms with Crippen LogP contribution in [0.25, 0.3) is 0 Å². The average molecular weight is 252 g/mol. The zero-order valence-electron chi connectivity index (χ0n) is 11.3. The summed E-state index contributed by atoms with van der Waals surface area (Å²) in [5.41, 5.74) is 4.19. The third-order valence-corrected chi connectivity index (χ3v) is 3.83. The molecular formula is C17H20N2. The first-order chi connectivity index (χ1) is 9.42. The molecule has 1 saturated heterocycles. The summed E-state index contributed by atoms with van der Waals surface area (Å²) in [5.74, 6) is 0. The first-order valence-electron chi connectivity index (χ1n) is 7.14. The highest BCUT2D eigenvalue weighted by molar-refractivity contribution is 5.49. The van der Waals surface area contributed by atoms with Crippen molar-refractivity contribution in [1.82, 2.24) is 4.98 Å². The smallest absolute Gasteiger partial charge is 0.0368 e. The molecule has 3 rings (SSSR count). The summed E-state index contributed by atoms with van der Waals surface area (Å²) in [6, 6.07) is 13.2. The van der Waals surface area contributed by atoms with Crippen LogP contribution in [0.15, 0.2) is 48.8 Å². The molecule has 1 fully saturated rings. The topological polar surface area (TPSA) is 16.1 Å². The predicted molar refractivity (Wildman–Crippen MR) is 79.5 cm³/mol. The van der Waals surface area contributed by atoms with Gasteiger partial charge >= 0.3 is 0 Å². The molecule has 1 aromatic heterocycles. The largest absolute Gasteiger partial charge is 0.372 e. The van der Waals surface area contributed by atoms with Gasteiger partial charge in [0.1, 0.15) is 0 Å². The highest BCUT2D eigenvalue weighted by atomic mass is 15.1. The third-order valence-electron chi connectivity index (χ3n) is 3.83. The van der Waals surface area contributed by atoms with E-state index in [0.29, 0.717) is 0 Å². The summed E-state index contributed by atoms with van der Waals surface area (Å²) in [5, 5.41) is 0. The molecule has 19 heavy (non-hydrogen) atoms. The first-order valence-corrected chi connectivity index (χ1v) is 7.14. The van der Waals surface area contributed by atoms with Crippen LogP contribution < -0.4 is 4.90 Å². The fourth-order valence-corrected chi connectivity index (χ4v) is 2.72. The van der Waals surface area contributed by atoms with Gasteiger partial charge in [0.2, 0.25) is 0 Å². The molecule has 1 aliphatic rings. The van der Waals surface area contributed by atoms with Gasteiger partial charge in [0, 0.05) is 31.2 Å². The lowest BCUT2D eigenvalue weighted by Gasteiger charge is -2.18. The number of nitrogens with zero attached hydrogens (tertiary/aromatic N) is 2. The van der Waals surface area contributed by atoms with E-state index in [0.717, 1.165) is 12.8 Å². The van der Waals surface area contributed by atoms with E-state index in [2.05, 4.69) is 46.3 Å². The number of aromatic nitrogens is 1. The minimum Gasteiger partial charge on any atom is -0.372 e. The van der Waals surface area contributed by atoms with Crippen LogP contribution in [0.1, 0.15) is 24.0 Å². The van der Waals surface area contributed by atoms with Crippen LogP contribution in [-0.4, -0.2) is 18.1 Å². The van der Waals surface area contributed by atoms with Crippen LogP contribution in [0.4, 0.5) is 5.69 Å². The molecule has 1 aliphatic heterocycles. The van der Waals surface area contributed by atoms with Gasteiger partial charge in [-0.25, -0.2) is 0 Å². The van der Waals surface area contributed by atoms with E-state index in [1.54, 1.807) is 0 Å². The summed E-state index contributed by atoms with van der Waals surface area (Å²) in [6.07, 6.45) is 8.60. The normalized spacial score (nSPS) is 14.8. The van der Waals surface area contributed by atoms with Gasteiger partial charge in [-0.3, -0.25) is 4.98 Å². The predicted octanol–water partition coefficient (Wildman–Crippen LogP) is 3.47. The zero-order chi connectivity index (χ0) is 12.9. The molecule has 0 N–H and O–H groups in total. The van der Waals surface area contributed by atoms with Crippen molar-refractivity contribution in [2.75, 3.05) is 18.0 Å². The van der Waals surface area contributed by atoms with Crippen LogP contribution in [0.3, 0.4) is 0 Å². The average Bonchev–Trinajstić information content (AvgIpc) is 3.01. The number of benzene rings is 1. The monoisotopic (exact) mass is 252 g/mol. The number of hydrogen-bond acceptors (Lipinski definition) is 2. The fourth-order valence-electron chi connectivity index (χ4n) is 2.72. The summed E-state index contributed by atoms with van der Waals surface area (Å²) >= 11 is 0. The van der Waals surface area contributed by atoms with Crippen molar-refractivity contribution >= 4 is 5.69 Å². The Balaban J connectivity index is 1.66. The number of rotatable bonds is 4. The second-order valence-corrected chi connectivity index (χ2v) is 5.22. The van der Waals surface area contributed by atoms with Gasteiger partial charge in [-0.05, 0) is 61.1 Å². The Hall–Kier alpha value is -1.83. The number of pyridine rings is 1. The summed E-state index contributed by atoms with van der Waals surface area (Å²) in [4.78, 5) is 6.56. The number of anilines is 1. The first kappa shape index (κ1) is 12.2. The van der Waals surface area contributed by atoms with Crippen LogP contribution in [0.5, 0.6) is 0 Å². The molecule has 2 heterocycles. The van der Waals surface area contributed by atoms with Crippen molar-refractivity contribution in [2.24, 2.45) is 0 Å². The molecule has 98 valence electrons. The lowest BCUT2D eigenvalue weighted by atomic mass is 10.0. The highest BCUT2D eigenvalue weighted by Crippen LogP contribution is 2.21. The molecule has 0 spiro atoms. The Kier molecular flexibility index (Phi) is 3.78. The van der Waals surface area contributed by atoms with Crippen LogP contribution in [0.2, 0.25) is 0 Å². The van der Waals surface area contributed by atoms with E-state index in [-0.39, 0.29) is 0 Å². The van der Waals surface area contributed by atoms with Gasteiger partial charge in [-0.15, -0.1) is 0 Å². The standard InChI is InChI=1S/C17H20N2/c1-2-13-19(12-1)17-5-3-4-16(14-17)7-6-15-8-10-18-11-9-15/h3-5,8-11,14H,1-2,6-7,12-13H2. The van der Waals surface area contributed by atoms with Crippen molar-refractivity contribution in [2.45, 2.75) is 25.7 Å². The molecule has 0 aliphatic carbocycles. The Morgan fingerprint density at radius 3 is 2.42 bits per heavy atom. The molecular weight excluding hydrogens is 232 g/mol. The van der Waals surface area contributed by atoms with Crippen molar-refractivity contribution in [1.29, 1.82) is 0 Å². The minimum atomic E-state index is 1.09. The second-order valence-electron chi connectivity index (χ2n) is 5.22. The Bertz CT molecular complexity index is 516. The quantitative estimate of drug-likeness (QED) is 0.828. The molecule has 0 saturated carbocycles. The second kappa shape index (κ2) is 5.87. The lowest BCUT2D eigenvalue weighted by molar-refractivity contribution is 0.938. The molecule has 0 amide bonds. The van der Waals surface area contributed by atoms with E-state index in [1.807, 2.05) is 12.4 Å². The third kappa shape index (κ3) is 3.14. The van der Waals surface area contributed by atoms with Gasteiger partial charge < -0.3 is 4.90 Å². The maximum absolute atomic E-state index is 4.06. The lowest BCUT2D eigenvalue weighted by Crippen LogP contribution is -2.17. The number of aryl methyl sites for hydroxylation is 2. The Labute approximate surface area is 115 Å². The maximum atomic E-state index is 4.06. The zero-order valence-corrected chi connectivity index (χ0v) is 11.3. The van der Waals surface area contributed by atoms with E-state index in [1.165, 1.54) is 42.7 Å². The van der Waals surface area contributed by atoms with E-state index < -0.39 is 0 Å².